The van der Waals surface area contributed by atoms with Crippen molar-refractivity contribution in [3.05, 3.63) is 89.7 Å². The van der Waals surface area contributed by atoms with Gasteiger partial charge < -0.3 is 10.1 Å². The second-order valence-corrected chi connectivity index (χ2v) is 7.57. The molecule has 0 aliphatic rings. The Labute approximate surface area is 186 Å². The standard InChI is InChI=1S/C24H18F3N5O/c25-24(26,27)17-8-6-16(7-9-17)21-18(10-5-15-11-13-28-14-12-15)22(33)32(31-21)23-29-19-3-1-2-4-20(19)30-23/h1-4,6-9,11-14,33H,5,10H2,(H,29,30). The fraction of sp³-hybridized carbons (Fsp3) is 0.125. The molecule has 2 N–H and O–H groups in total. The summed E-state index contributed by atoms with van der Waals surface area (Å²) in [4.78, 5) is 11.6. The molecule has 3 aromatic heterocycles. The number of pyridine rings is 1. The predicted octanol–water partition coefficient (Wildman–Crippen LogP) is 5.32. The van der Waals surface area contributed by atoms with Crippen LogP contribution >= 0.6 is 0 Å². The van der Waals surface area contributed by atoms with E-state index in [2.05, 4.69) is 20.1 Å². The van der Waals surface area contributed by atoms with Crippen molar-refractivity contribution in [1.82, 2.24) is 24.7 Å². The van der Waals surface area contributed by atoms with E-state index < -0.39 is 11.7 Å². The van der Waals surface area contributed by atoms with E-state index >= 15 is 0 Å². The van der Waals surface area contributed by atoms with E-state index in [1.54, 1.807) is 12.4 Å². The van der Waals surface area contributed by atoms with Crippen molar-refractivity contribution in [2.75, 3.05) is 0 Å². The summed E-state index contributed by atoms with van der Waals surface area (Å²) in [5.74, 6) is 0.204. The van der Waals surface area contributed by atoms with Crippen molar-refractivity contribution in [1.29, 1.82) is 0 Å². The smallest absolute Gasteiger partial charge is 0.416 e. The fourth-order valence-electron chi connectivity index (χ4n) is 3.73. The largest absolute Gasteiger partial charge is 0.493 e. The molecular formula is C24H18F3N5O. The van der Waals surface area contributed by atoms with Gasteiger partial charge >= 0.3 is 6.18 Å². The molecule has 6 nitrogen and oxygen atoms in total. The maximum Gasteiger partial charge on any atom is 0.416 e. The van der Waals surface area contributed by atoms with Gasteiger partial charge in [-0.25, -0.2) is 4.98 Å². The first-order chi connectivity index (χ1) is 15.9. The molecule has 0 spiro atoms. The van der Waals surface area contributed by atoms with Gasteiger partial charge in [-0.1, -0.05) is 24.3 Å². The van der Waals surface area contributed by atoms with Gasteiger partial charge in [0.2, 0.25) is 11.8 Å². The summed E-state index contributed by atoms with van der Waals surface area (Å²) in [6.45, 7) is 0. The summed E-state index contributed by atoms with van der Waals surface area (Å²) >= 11 is 0. The van der Waals surface area contributed by atoms with E-state index in [0.29, 0.717) is 41.1 Å². The summed E-state index contributed by atoms with van der Waals surface area (Å²) in [7, 11) is 0. The van der Waals surface area contributed by atoms with Crippen molar-refractivity contribution in [3.63, 3.8) is 0 Å². The van der Waals surface area contributed by atoms with Crippen LogP contribution in [0.1, 0.15) is 16.7 Å². The van der Waals surface area contributed by atoms with Crippen LogP contribution in [0.15, 0.2) is 73.1 Å². The molecule has 0 atom stereocenters. The number of aromatic amines is 1. The van der Waals surface area contributed by atoms with E-state index in [1.807, 2.05) is 36.4 Å². The number of aromatic nitrogens is 5. The average Bonchev–Trinajstić information content (AvgIpc) is 3.38. The Morgan fingerprint density at radius 1 is 0.909 bits per heavy atom. The molecule has 2 aromatic carbocycles. The van der Waals surface area contributed by atoms with E-state index in [4.69, 9.17) is 0 Å². The van der Waals surface area contributed by atoms with E-state index in [1.165, 1.54) is 16.8 Å². The van der Waals surface area contributed by atoms with Crippen LogP contribution in [0.25, 0.3) is 28.2 Å². The minimum Gasteiger partial charge on any atom is -0.493 e. The number of nitrogens with one attached hydrogen (secondary N) is 1. The first-order valence-electron chi connectivity index (χ1n) is 10.2. The number of fused-ring (bicyclic) bond motifs is 1. The highest BCUT2D eigenvalue weighted by atomic mass is 19.4. The number of benzene rings is 2. The van der Waals surface area contributed by atoms with Crippen LogP contribution in [-0.4, -0.2) is 29.8 Å². The zero-order valence-electron chi connectivity index (χ0n) is 17.2. The third kappa shape index (κ3) is 4.05. The van der Waals surface area contributed by atoms with Crippen molar-refractivity contribution >= 4 is 11.0 Å². The molecule has 5 rings (SSSR count). The number of nitrogens with zero attached hydrogens (tertiary/aromatic N) is 4. The maximum atomic E-state index is 13.0. The van der Waals surface area contributed by atoms with Crippen LogP contribution in [0.2, 0.25) is 0 Å². The molecule has 0 bridgehead atoms. The molecule has 0 saturated carbocycles. The number of alkyl halides is 3. The van der Waals surface area contributed by atoms with Gasteiger partial charge in [0.1, 0.15) is 5.69 Å². The lowest BCUT2D eigenvalue weighted by molar-refractivity contribution is -0.137. The topological polar surface area (TPSA) is 79.6 Å². The van der Waals surface area contributed by atoms with Gasteiger partial charge in [0.25, 0.3) is 0 Å². The minimum atomic E-state index is -4.43. The van der Waals surface area contributed by atoms with Crippen LogP contribution in [0.5, 0.6) is 5.88 Å². The highest BCUT2D eigenvalue weighted by Crippen LogP contribution is 2.35. The molecule has 0 unspecified atom stereocenters. The molecule has 166 valence electrons. The highest BCUT2D eigenvalue weighted by Gasteiger charge is 2.30. The zero-order chi connectivity index (χ0) is 23.0. The Kier molecular flexibility index (Phi) is 5.08. The van der Waals surface area contributed by atoms with E-state index in [0.717, 1.165) is 23.2 Å². The lowest BCUT2D eigenvalue weighted by Crippen LogP contribution is -2.04. The molecule has 0 aliphatic heterocycles. The Balaban J connectivity index is 1.59. The van der Waals surface area contributed by atoms with Gasteiger partial charge in [0.15, 0.2) is 0 Å². The number of hydrogen-bond acceptors (Lipinski definition) is 4. The lowest BCUT2D eigenvalue weighted by Gasteiger charge is -2.08. The Bertz CT molecular complexity index is 1370. The molecule has 0 radical (unpaired) electrons. The molecular weight excluding hydrogens is 431 g/mol. The normalized spacial score (nSPS) is 11.8. The molecule has 0 fully saturated rings. The number of para-hydroxylation sites is 2. The van der Waals surface area contributed by atoms with Crippen LogP contribution in [0.3, 0.4) is 0 Å². The number of aryl methyl sites for hydroxylation is 1. The third-order valence-corrected chi connectivity index (χ3v) is 5.43. The van der Waals surface area contributed by atoms with Gasteiger partial charge in [-0.3, -0.25) is 4.98 Å². The minimum absolute atomic E-state index is 0.113. The quantitative estimate of drug-likeness (QED) is 0.381. The van der Waals surface area contributed by atoms with Gasteiger partial charge in [0.05, 0.1) is 16.6 Å². The fourth-order valence-corrected chi connectivity index (χ4v) is 3.73. The zero-order valence-corrected chi connectivity index (χ0v) is 17.2. The summed E-state index contributed by atoms with van der Waals surface area (Å²) in [5.41, 5.74) is 3.14. The second kappa shape index (κ2) is 8.09. The number of imidazole rings is 1. The number of aromatic hydroxyl groups is 1. The van der Waals surface area contributed by atoms with Crippen molar-refractivity contribution in [2.24, 2.45) is 0 Å². The number of rotatable bonds is 5. The monoisotopic (exact) mass is 449 g/mol. The summed E-state index contributed by atoms with van der Waals surface area (Å²) in [6.07, 6.45) is -0.0476. The number of halogens is 3. The van der Waals surface area contributed by atoms with Crippen LogP contribution in [0.4, 0.5) is 13.2 Å². The summed E-state index contributed by atoms with van der Waals surface area (Å²) < 4.78 is 40.4. The van der Waals surface area contributed by atoms with Crippen molar-refractivity contribution in [3.8, 4) is 23.1 Å². The Hall–Kier alpha value is -4.14. The third-order valence-electron chi connectivity index (χ3n) is 5.43. The number of hydrogen-bond donors (Lipinski definition) is 2. The second-order valence-electron chi connectivity index (χ2n) is 7.57. The van der Waals surface area contributed by atoms with Crippen LogP contribution in [-0.2, 0) is 19.0 Å². The molecule has 3 heterocycles. The highest BCUT2D eigenvalue weighted by molar-refractivity contribution is 5.76. The van der Waals surface area contributed by atoms with E-state index in [9.17, 15) is 18.3 Å². The SMILES string of the molecule is Oc1c(CCc2ccncc2)c(-c2ccc(C(F)(F)F)cc2)nn1-c1nc2ccccc2[nH]1. The van der Waals surface area contributed by atoms with Crippen molar-refractivity contribution < 1.29 is 18.3 Å². The molecule has 9 heteroatoms. The van der Waals surface area contributed by atoms with Crippen LogP contribution < -0.4 is 0 Å². The number of H-pyrrole nitrogens is 1. The van der Waals surface area contributed by atoms with Gasteiger partial charge in [-0.2, -0.15) is 23.0 Å². The van der Waals surface area contributed by atoms with Gasteiger partial charge in [-0.05, 0) is 54.8 Å². The lowest BCUT2D eigenvalue weighted by atomic mass is 10.0. The average molecular weight is 449 g/mol. The molecule has 0 saturated heterocycles. The Morgan fingerprint density at radius 2 is 1.64 bits per heavy atom. The Morgan fingerprint density at radius 3 is 2.33 bits per heavy atom. The van der Waals surface area contributed by atoms with Crippen molar-refractivity contribution in [2.45, 2.75) is 19.0 Å². The first kappa shape index (κ1) is 20.7. The maximum absolute atomic E-state index is 13.0. The van der Waals surface area contributed by atoms with Crippen LogP contribution in [0, 0.1) is 0 Å². The molecule has 0 aliphatic carbocycles. The van der Waals surface area contributed by atoms with Gasteiger partial charge in [-0.15, -0.1) is 0 Å². The molecule has 5 aromatic rings. The summed E-state index contributed by atoms with van der Waals surface area (Å²) in [6, 6.07) is 15.9. The van der Waals surface area contributed by atoms with Gasteiger partial charge in [0, 0.05) is 23.5 Å². The molecule has 33 heavy (non-hydrogen) atoms. The molecule has 0 amide bonds. The first-order valence-corrected chi connectivity index (χ1v) is 10.2. The van der Waals surface area contributed by atoms with E-state index in [-0.39, 0.29) is 5.88 Å². The predicted molar refractivity (Wildman–Crippen MR) is 117 cm³/mol. The summed E-state index contributed by atoms with van der Waals surface area (Å²) in [5, 5.41) is 15.6.